The minimum atomic E-state index is -0.283. The van der Waals surface area contributed by atoms with Gasteiger partial charge in [-0.25, -0.2) is 0 Å². The largest absolute Gasteiger partial charge is 0.457 e. The van der Waals surface area contributed by atoms with Gasteiger partial charge in [-0.15, -0.1) is 0 Å². The number of nitrogens with one attached hydrogen (secondary N) is 2. The van der Waals surface area contributed by atoms with E-state index in [4.69, 9.17) is 4.74 Å². The van der Waals surface area contributed by atoms with E-state index in [9.17, 15) is 9.59 Å². The van der Waals surface area contributed by atoms with Crippen LogP contribution >= 0.6 is 0 Å². The summed E-state index contributed by atoms with van der Waals surface area (Å²) in [7, 11) is 0. The molecule has 142 valence electrons. The smallest absolute Gasteiger partial charge is 0.243 e. The number of carbonyl (C=O) groups is 2. The molecular weight excluding hydrogens is 352 g/mol. The van der Waals surface area contributed by atoms with Gasteiger partial charge in [0.05, 0.1) is 13.0 Å². The van der Waals surface area contributed by atoms with E-state index in [1.165, 1.54) is 0 Å². The second-order valence-corrected chi connectivity index (χ2v) is 6.43. The van der Waals surface area contributed by atoms with Crippen LogP contribution in [0.2, 0.25) is 0 Å². The van der Waals surface area contributed by atoms with Crippen LogP contribution in [0.25, 0.3) is 0 Å². The Bertz CT molecular complexity index is 920. The van der Waals surface area contributed by atoms with E-state index in [0.29, 0.717) is 11.4 Å². The van der Waals surface area contributed by atoms with Gasteiger partial charge in [0.15, 0.2) is 0 Å². The highest BCUT2D eigenvalue weighted by atomic mass is 16.5. The molecule has 0 aliphatic carbocycles. The van der Waals surface area contributed by atoms with E-state index in [1.54, 1.807) is 24.3 Å². The van der Waals surface area contributed by atoms with Crippen molar-refractivity contribution in [3.8, 4) is 11.5 Å². The number of benzene rings is 3. The standard InChI is InChI=1S/C23H22N2O3/c1-17-7-9-18(10-8-17)15-22(26)24-16-23(27)25-19-11-13-21(14-12-19)28-20-5-3-2-4-6-20/h2-14H,15-16H2,1H3,(H,24,26)(H,25,27). The molecule has 0 atom stereocenters. The van der Waals surface area contributed by atoms with Crippen molar-refractivity contribution < 1.29 is 14.3 Å². The first-order chi connectivity index (χ1) is 13.6. The Hall–Kier alpha value is -3.60. The average Bonchev–Trinajstić information content (AvgIpc) is 2.70. The minimum absolute atomic E-state index is 0.0764. The number of carbonyl (C=O) groups excluding carboxylic acids is 2. The second kappa shape index (κ2) is 9.37. The van der Waals surface area contributed by atoms with Gasteiger partial charge in [-0.3, -0.25) is 9.59 Å². The first-order valence-corrected chi connectivity index (χ1v) is 9.03. The number of aryl methyl sites for hydroxylation is 1. The van der Waals surface area contributed by atoms with Crippen LogP contribution in [0, 0.1) is 6.92 Å². The molecule has 5 nitrogen and oxygen atoms in total. The molecule has 5 heteroatoms. The van der Waals surface area contributed by atoms with Crippen molar-refractivity contribution >= 4 is 17.5 Å². The van der Waals surface area contributed by atoms with Crippen molar-refractivity contribution in [3.05, 3.63) is 90.0 Å². The summed E-state index contributed by atoms with van der Waals surface area (Å²) in [5, 5.41) is 5.38. The van der Waals surface area contributed by atoms with Crippen molar-refractivity contribution in [3.63, 3.8) is 0 Å². The minimum Gasteiger partial charge on any atom is -0.457 e. The topological polar surface area (TPSA) is 67.4 Å². The fraction of sp³-hybridized carbons (Fsp3) is 0.130. The quantitative estimate of drug-likeness (QED) is 0.655. The van der Waals surface area contributed by atoms with E-state index in [-0.39, 0.29) is 24.8 Å². The molecule has 0 spiro atoms. The third kappa shape index (κ3) is 5.99. The van der Waals surface area contributed by atoms with E-state index in [2.05, 4.69) is 10.6 Å². The van der Waals surface area contributed by atoms with Gasteiger partial charge in [-0.05, 0) is 48.9 Å². The van der Waals surface area contributed by atoms with Crippen LogP contribution in [-0.2, 0) is 16.0 Å². The first kappa shape index (κ1) is 19.2. The Labute approximate surface area is 164 Å². The maximum absolute atomic E-state index is 12.0. The zero-order valence-electron chi connectivity index (χ0n) is 15.6. The van der Waals surface area contributed by atoms with Crippen LogP contribution in [0.5, 0.6) is 11.5 Å². The molecule has 0 bridgehead atoms. The normalized spacial score (nSPS) is 10.2. The number of anilines is 1. The summed E-state index contributed by atoms with van der Waals surface area (Å²) in [6.45, 7) is 1.92. The summed E-state index contributed by atoms with van der Waals surface area (Å²) in [6.07, 6.45) is 0.249. The summed E-state index contributed by atoms with van der Waals surface area (Å²) in [4.78, 5) is 24.0. The van der Waals surface area contributed by atoms with Gasteiger partial charge in [-0.1, -0.05) is 48.0 Å². The highest BCUT2D eigenvalue weighted by molar-refractivity contribution is 5.94. The summed E-state index contributed by atoms with van der Waals surface area (Å²) >= 11 is 0. The molecule has 3 aromatic carbocycles. The Morgan fingerprint density at radius 2 is 1.43 bits per heavy atom. The fourth-order valence-electron chi connectivity index (χ4n) is 2.57. The Kier molecular flexibility index (Phi) is 6.41. The molecule has 2 amide bonds. The summed E-state index contributed by atoms with van der Waals surface area (Å²) in [5.41, 5.74) is 2.69. The molecule has 0 saturated carbocycles. The lowest BCUT2D eigenvalue weighted by Gasteiger charge is -2.09. The number of rotatable bonds is 7. The molecule has 0 radical (unpaired) electrons. The zero-order valence-corrected chi connectivity index (χ0v) is 15.6. The number of hydrogen-bond acceptors (Lipinski definition) is 3. The number of hydrogen-bond donors (Lipinski definition) is 2. The van der Waals surface area contributed by atoms with E-state index in [1.807, 2.05) is 61.5 Å². The van der Waals surface area contributed by atoms with Crippen LogP contribution in [0.4, 0.5) is 5.69 Å². The predicted octanol–water partition coefficient (Wildman–Crippen LogP) is 4.08. The molecule has 0 saturated heterocycles. The van der Waals surface area contributed by atoms with Crippen molar-refractivity contribution in [2.75, 3.05) is 11.9 Å². The molecule has 3 rings (SSSR count). The van der Waals surface area contributed by atoms with Gasteiger partial charge in [0, 0.05) is 5.69 Å². The van der Waals surface area contributed by atoms with Crippen LogP contribution in [-0.4, -0.2) is 18.4 Å². The Balaban J connectivity index is 1.44. The van der Waals surface area contributed by atoms with Crippen LogP contribution < -0.4 is 15.4 Å². The first-order valence-electron chi connectivity index (χ1n) is 9.03. The van der Waals surface area contributed by atoms with Gasteiger partial charge < -0.3 is 15.4 Å². The average molecular weight is 374 g/mol. The summed E-state index contributed by atoms with van der Waals surface area (Å²) in [5.74, 6) is 0.950. The van der Waals surface area contributed by atoms with Gasteiger partial charge in [-0.2, -0.15) is 0 Å². The summed E-state index contributed by atoms with van der Waals surface area (Å²) < 4.78 is 5.71. The zero-order chi connectivity index (χ0) is 19.8. The molecule has 2 N–H and O–H groups in total. The summed E-state index contributed by atoms with van der Waals surface area (Å²) in [6, 6.07) is 24.3. The second-order valence-electron chi connectivity index (χ2n) is 6.43. The van der Waals surface area contributed by atoms with Crippen molar-refractivity contribution in [2.24, 2.45) is 0 Å². The molecule has 0 aromatic heterocycles. The van der Waals surface area contributed by atoms with Gasteiger partial charge in [0.1, 0.15) is 11.5 Å². The van der Waals surface area contributed by atoms with Crippen molar-refractivity contribution in [1.29, 1.82) is 0 Å². The number of para-hydroxylation sites is 1. The maximum atomic E-state index is 12.0. The van der Waals surface area contributed by atoms with Crippen LogP contribution in [0.1, 0.15) is 11.1 Å². The fourth-order valence-corrected chi connectivity index (χ4v) is 2.57. The maximum Gasteiger partial charge on any atom is 0.243 e. The van der Waals surface area contributed by atoms with Gasteiger partial charge in [0.2, 0.25) is 11.8 Å². The van der Waals surface area contributed by atoms with Crippen molar-refractivity contribution in [2.45, 2.75) is 13.3 Å². The molecule has 0 fully saturated rings. The van der Waals surface area contributed by atoms with Crippen LogP contribution in [0.3, 0.4) is 0 Å². The lowest BCUT2D eigenvalue weighted by molar-refractivity contribution is -0.123. The molecule has 28 heavy (non-hydrogen) atoms. The lowest BCUT2D eigenvalue weighted by atomic mass is 10.1. The number of ether oxygens (including phenoxy) is 1. The Morgan fingerprint density at radius 1 is 0.786 bits per heavy atom. The molecule has 0 aliphatic rings. The third-order valence-corrected chi connectivity index (χ3v) is 4.05. The van der Waals surface area contributed by atoms with E-state index in [0.717, 1.165) is 16.9 Å². The van der Waals surface area contributed by atoms with E-state index < -0.39 is 0 Å². The molecule has 0 heterocycles. The van der Waals surface area contributed by atoms with E-state index >= 15 is 0 Å². The lowest BCUT2D eigenvalue weighted by Crippen LogP contribution is -2.33. The van der Waals surface area contributed by atoms with Crippen molar-refractivity contribution in [1.82, 2.24) is 5.32 Å². The molecule has 0 aliphatic heterocycles. The predicted molar refractivity (Wildman–Crippen MR) is 109 cm³/mol. The third-order valence-electron chi connectivity index (χ3n) is 4.05. The van der Waals surface area contributed by atoms with Gasteiger partial charge >= 0.3 is 0 Å². The molecule has 0 unspecified atom stereocenters. The highest BCUT2D eigenvalue weighted by Crippen LogP contribution is 2.22. The molecule has 3 aromatic rings. The van der Waals surface area contributed by atoms with Gasteiger partial charge in [0.25, 0.3) is 0 Å². The Morgan fingerprint density at radius 3 is 2.11 bits per heavy atom. The highest BCUT2D eigenvalue weighted by Gasteiger charge is 2.07. The van der Waals surface area contributed by atoms with Crippen LogP contribution in [0.15, 0.2) is 78.9 Å². The SMILES string of the molecule is Cc1ccc(CC(=O)NCC(=O)Nc2ccc(Oc3ccccc3)cc2)cc1. The number of amides is 2. The monoisotopic (exact) mass is 374 g/mol. The molecular formula is C23H22N2O3.